The number of imidazole rings is 1. The number of aryl methyl sites for hydroxylation is 1. The number of nitrogens with one attached hydrogen (secondary N) is 1. The van der Waals surface area contributed by atoms with Crippen molar-refractivity contribution in [1.29, 1.82) is 0 Å². The van der Waals surface area contributed by atoms with Crippen LogP contribution in [0.2, 0.25) is 0 Å². The number of benzene rings is 1. The molecular formula is C17H15N3O3. The molecule has 23 heavy (non-hydrogen) atoms. The summed E-state index contributed by atoms with van der Waals surface area (Å²) in [7, 11) is 0. The number of aromatic carboxylic acids is 1. The van der Waals surface area contributed by atoms with E-state index in [-0.39, 0.29) is 17.2 Å². The molecule has 0 spiro atoms. The van der Waals surface area contributed by atoms with E-state index in [0.29, 0.717) is 23.5 Å². The van der Waals surface area contributed by atoms with Crippen molar-refractivity contribution in [3.8, 4) is 0 Å². The number of amides is 1. The molecule has 2 heterocycles. The standard InChI is InChI=1S/C17H15N3O3/c1-2-12-15(20-10-6-5-9-14(20)18-12)16(21)19-13-8-4-3-7-11(13)17(22)23/h3-10H,2H2,1H3,(H,19,21)(H,22,23). The molecule has 0 aliphatic rings. The molecule has 3 rings (SSSR count). The summed E-state index contributed by atoms with van der Waals surface area (Å²) in [5.74, 6) is -1.47. The van der Waals surface area contributed by atoms with Crippen LogP contribution in [0.15, 0.2) is 48.7 Å². The van der Waals surface area contributed by atoms with E-state index in [0.717, 1.165) is 0 Å². The second-order valence-corrected chi connectivity index (χ2v) is 4.99. The van der Waals surface area contributed by atoms with Gasteiger partial charge >= 0.3 is 5.97 Å². The third-order valence-electron chi connectivity index (χ3n) is 3.56. The van der Waals surface area contributed by atoms with Crippen LogP contribution in [0.25, 0.3) is 5.65 Å². The van der Waals surface area contributed by atoms with Gasteiger partial charge in [-0.2, -0.15) is 0 Å². The summed E-state index contributed by atoms with van der Waals surface area (Å²) < 4.78 is 1.71. The molecule has 0 fully saturated rings. The number of carbonyl (C=O) groups excluding carboxylic acids is 1. The number of fused-ring (bicyclic) bond motifs is 1. The molecule has 0 atom stereocenters. The van der Waals surface area contributed by atoms with E-state index in [1.54, 1.807) is 28.8 Å². The van der Waals surface area contributed by atoms with E-state index < -0.39 is 5.97 Å². The zero-order valence-corrected chi connectivity index (χ0v) is 12.5. The van der Waals surface area contributed by atoms with Gasteiger partial charge in [0.05, 0.1) is 16.9 Å². The molecule has 3 aromatic rings. The minimum Gasteiger partial charge on any atom is -0.478 e. The van der Waals surface area contributed by atoms with Gasteiger partial charge in [0.2, 0.25) is 0 Å². The summed E-state index contributed by atoms with van der Waals surface area (Å²) in [6.45, 7) is 1.92. The maximum Gasteiger partial charge on any atom is 0.337 e. The molecule has 0 aliphatic carbocycles. The van der Waals surface area contributed by atoms with E-state index in [1.807, 2.05) is 25.1 Å². The first-order valence-electron chi connectivity index (χ1n) is 7.21. The normalized spacial score (nSPS) is 10.7. The first-order valence-corrected chi connectivity index (χ1v) is 7.21. The Morgan fingerprint density at radius 3 is 2.65 bits per heavy atom. The van der Waals surface area contributed by atoms with Gasteiger partial charge in [0, 0.05) is 6.20 Å². The highest BCUT2D eigenvalue weighted by atomic mass is 16.4. The number of hydrogen-bond donors (Lipinski definition) is 2. The Morgan fingerprint density at radius 2 is 1.91 bits per heavy atom. The van der Waals surface area contributed by atoms with Gasteiger partial charge in [-0.15, -0.1) is 0 Å². The van der Waals surface area contributed by atoms with Crippen molar-refractivity contribution in [2.45, 2.75) is 13.3 Å². The Hall–Kier alpha value is -3.15. The molecule has 0 aliphatic heterocycles. The molecule has 1 amide bonds. The van der Waals surface area contributed by atoms with Crippen LogP contribution in [0.5, 0.6) is 0 Å². The highest BCUT2D eigenvalue weighted by molar-refractivity contribution is 6.07. The Bertz CT molecular complexity index is 899. The molecular weight excluding hydrogens is 294 g/mol. The van der Waals surface area contributed by atoms with Gasteiger partial charge < -0.3 is 10.4 Å². The van der Waals surface area contributed by atoms with Crippen molar-refractivity contribution in [1.82, 2.24) is 9.38 Å². The molecule has 2 aromatic heterocycles. The predicted molar refractivity (Wildman–Crippen MR) is 85.9 cm³/mol. The molecule has 0 saturated carbocycles. The fraction of sp³-hybridized carbons (Fsp3) is 0.118. The predicted octanol–water partition coefficient (Wildman–Crippen LogP) is 2.85. The molecule has 1 aromatic carbocycles. The van der Waals surface area contributed by atoms with Gasteiger partial charge in [0.1, 0.15) is 11.3 Å². The van der Waals surface area contributed by atoms with E-state index in [4.69, 9.17) is 0 Å². The molecule has 0 radical (unpaired) electrons. The number of aromatic nitrogens is 2. The van der Waals surface area contributed by atoms with Gasteiger partial charge in [0.15, 0.2) is 0 Å². The minimum atomic E-state index is -1.09. The Labute approximate surface area is 132 Å². The van der Waals surface area contributed by atoms with Gasteiger partial charge in [-0.25, -0.2) is 9.78 Å². The third-order valence-corrected chi connectivity index (χ3v) is 3.56. The van der Waals surface area contributed by atoms with Crippen molar-refractivity contribution in [2.24, 2.45) is 0 Å². The van der Waals surface area contributed by atoms with Crippen LogP contribution in [0.1, 0.15) is 33.5 Å². The topological polar surface area (TPSA) is 83.7 Å². The van der Waals surface area contributed by atoms with E-state index in [9.17, 15) is 14.7 Å². The lowest BCUT2D eigenvalue weighted by Gasteiger charge is -2.09. The second-order valence-electron chi connectivity index (χ2n) is 4.99. The zero-order valence-electron chi connectivity index (χ0n) is 12.5. The van der Waals surface area contributed by atoms with Crippen LogP contribution >= 0.6 is 0 Å². The maximum absolute atomic E-state index is 12.7. The summed E-state index contributed by atoms with van der Waals surface area (Å²) in [5, 5.41) is 11.9. The molecule has 0 bridgehead atoms. The van der Waals surface area contributed by atoms with Crippen LogP contribution in [0.3, 0.4) is 0 Å². The largest absolute Gasteiger partial charge is 0.478 e. The number of para-hydroxylation sites is 1. The number of carbonyl (C=O) groups is 2. The smallest absolute Gasteiger partial charge is 0.337 e. The van der Waals surface area contributed by atoms with E-state index in [1.165, 1.54) is 6.07 Å². The number of carboxylic acid groups (broad SMARTS) is 1. The van der Waals surface area contributed by atoms with Crippen molar-refractivity contribution in [3.05, 3.63) is 65.6 Å². The summed E-state index contributed by atoms with van der Waals surface area (Å²) in [4.78, 5) is 28.4. The summed E-state index contributed by atoms with van der Waals surface area (Å²) >= 11 is 0. The number of anilines is 1. The Balaban J connectivity index is 2.04. The SMILES string of the molecule is CCc1nc2ccccn2c1C(=O)Nc1ccccc1C(=O)O. The highest BCUT2D eigenvalue weighted by Gasteiger charge is 2.20. The second kappa shape index (κ2) is 5.92. The summed E-state index contributed by atoms with van der Waals surface area (Å²) in [5.41, 5.74) is 2.08. The molecule has 6 heteroatoms. The van der Waals surface area contributed by atoms with Crippen molar-refractivity contribution in [2.75, 3.05) is 5.32 Å². The first kappa shape index (κ1) is 14.8. The molecule has 0 unspecified atom stereocenters. The van der Waals surface area contributed by atoms with Crippen LogP contribution in [0.4, 0.5) is 5.69 Å². The van der Waals surface area contributed by atoms with E-state index in [2.05, 4.69) is 10.3 Å². The highest BCUT2D eigenvalue weighted by Crippen LogP contribution is 2.19. The fourth-order valence-corrected chi connectivity index (χ4v) is 2.49. The van der Waals surface area contributed by atoms with Crippen molar-refractivity contribution < 1.29 is 14.7 Å². The maximum atomic E-state index is 12.7. The molecule has 116 valence electrons. The molecule has 2 N–H and O–H groups in total. The van der Waals surface area contributed by atoms with Crippen molar-refractivity contribution in [3.63, 3.8) is 0 Å². The van der Waals surface area contributed by atoms with Gasteiger partial charge in [-0.3, -0.25) is 9.20 Å². The van der Waals surface area contributed by atoms with Crippen molar-refractivity contribution >= 4 is 23.2 Å². The number of pyridine rings is 1. The monoisotopic (exact) mass is 309 g/mol. The first-order chi connectivity index (χ1) is 11.1. The van der Waals surface area contributed by atoms with Crippen LogP contribution in [-0.4, -0.2) is 26.4 Å². The van der Waals surface area contributed by atoms with E-state index >= 15 is 0 Å². The number of hydrogen-bond acceptors (Lipinski definition) is 3. The summed E-state index contributed by atoms with van der Waals surface area (Å²) in [6, 6.07) is 11.8. The molecule has 0 saturated heterocycles. The molecule has 6 nitrogen and oxygen atoms in total. The minimum absolute atomic E-state index is 0.0488. The average Bonchev–Trinajstić information content (AvgIpc) is 2.93. The van der Waals surface area contributed by atoms with Crippen LogP contribution in [-0.2, 0) is 6.42 Å². The lowest BCUT2D eigenvalue weighted by Crippen LogP contribution is -2.18. The number of rotatable bonds is 4. The average molecular weight is 309 g/mol. The number of carboxylic acids is 1. The fourth-order valence-electron chi connectivity index (χ4n) is 2.49. The Kier molecular flexibility index (Phi) is 3.80. The van der Waals surface area contributed by atoms with Gasteiger partial charge in [0.25, 0.3) is 5.91 Å². The van der Waals surface area contributed by atoms with Crippen LogP contribution < -0.4 is 5.32 Å². The van der Waals surface area contributed by atoms with Gasteiger partial charge in [-0.1, -0.05) is 25.1 Å². The third kappa shape index (κ3) is 2.66. The number of nitrogens with zero attached hydrogens (tertiary/aromatic N) is 2. The van der Waals surface area contributed by atoms with Gasteiger partial charge in [-0.05, 0) is 30.7 Å². The van der Waals surface area contributed by atoms with Crippen LogP contribution in [0, 0.1) is 0 Å². The lowest BCUT2D eigenvalue weighted by molar-refractivity contribution is 0.0698. The zero-order chi connectivity index (χ0) is 16.4. The quantitative estimate of drug-likeness (QED) is 0.776. The summed E-state index contributed by atoms with van der Waals surface area (Å²) in [6.07, 6.45) is 2.37. The lowest BCUT2D eigenvalue weighted by atomic mass is 10.1. The Morgan fingerprint density at radius 1 is 1.17 bits per heavy atom.